The number of carboxylic acid groups (broad SMARTS) is 1. The van der Waals surface area contributed by atoms with Gasteiger partial charge in [-0.2, -0.15) is 11.8 Å². The summed E-state index contributed by atoms with van der Waals surface area (Å²) in [6, 6.07) is 2.55. The molecule has 0 aliphatic rings. The van der Waals surface area contributed by atoms with E-state index in [0.717, 1.165) is 10.9 Å². The number of amides is 5. The van der Waals surface area contributed by atoms with Crippen molar-refractivity contribution in [2.45, 2.75) is 62.7 Å². The second-order valence-corrected chi connectivity index (χ2v) is 10.5. The number of rotatable bonds is 18. The fourth-order valence-electron chi connectivity index (χ4n) is 4.03. The molecule has 224 valence electrons. The summed E-state index contributed by atoms with van der Waals surface area (Å²) < 4.78 is 0. The molecule has 2 aromatic rings. The van der Waals surface area contributed by atoms with Crippen LogP contribution in [0.15, 0.2) is 30.5 Å². The highest BCUT2D eigenvalue weighted by Crippen LogP contribution is 2.19. The van der Waals surface area contributed by atoms with Crippen molar-refractivity contribution in [3.63, 3.8) is 0 Å². The maximum Gasteiger partial charge on any atom is 0.326 e. The Morgan fingerprint density at radius 2 is 1.44 bits per heavy atom. The lowest BCUT2D eigenvalue weighted by Gasteiger charge is -2.25. The number of carbonyl (C=O) groups is 6. The zero-order chi connectivity index (χ0) is 30.5. The smallest absolute Gasteiger partial charge is 0.326 e. The van der Waals surface area contributed by atoms with Gasteiger partial charge in [-0.1, -0.05) is 18.2 Å². The lowest BCUT2D eigenvalue weighted by atomic mass is 10.0. The SMILES string of the molecule is CSCCC(NC(=O)C(Cc1c[nH]c2ccccc12)NC(=O)C(N)CCC(N)=O)C(=O)NC(CCC(N)=O)C(=O)O. The van der Waals surface area contributed by atoms with E-state index in [1.165, 1.54) is 11.8 Å². The number of hydrogen-bond donors (Lipinski definition) is 8. The van der Waals surface area contributed by atoms with E-state index in [-0.39, 0.29) is 38.5 Å². The Hall–Kier alpha value is -4.11. The topological polar surface area (TPSA) is 253 Å². The number of H-pyrrole nitrogens is 1. The van der Waals surface area contributed by atoms with E-state index in [1.54, 1.807) is 12.5 Å². The van der Waals surface area contributed by atoms with Gasteiger partial charge < -0.3 is 43.2 Å². The molecule has 4 atom stereocenters. The van der Waals surface area contributed by atoms with Gasteiger partial charge in [-0.3, -0.25) is 24.0 Å². The summed E-state index contributed by atoms with van der Waals surface area (Å²) in [6.45, 7) is 0. The van der Waals surface area contributed by atoms with Gasteiger partial charge >= 0.3 is 5.97 Å². The Labute approximate surface area is 240 Å². The molecule has 1 aromatic carbocycles. The summed E-state index contributed by atoms with van der Waals surface area (Å²) in [5.74, 6) is -4.40. The second-order valence-electron chi connectivity index (χ2n) is 9.48. The first kappa shape index (κ1) is 33.1. The number of nitrogens with one attached hydrogen (secondary N) is 4. The van der Waals surface area contributed by atoms with Crippen LogP contribution in [0.2, 0.25) is 0 Å². The number of benzene rings is 1. The summed E-state index contributed by atoms with van der Waals surface area (Å²) in [4.78, 5) is 76.4. The van der Waals surface area contributed by atoms with Crippen molar-refractivity contribution >= 4 is 58.2 Å². The quantitative estimate of drug-likeness (QED) is 0.104. The molecule has 0 bridgehead atoms. The van der Waals surface area contributed by atoms with Crippen LogP contribution in [-0.2, 0) is 35.2 Å². The summed E-state index contributed by atoms with van der Waals surface area (Å²) in [5, 5.41) is 17.9. The molecule has 1 aromatic heterocycles. The summed E-state index contributed by atoms with van der Waals surface area (Å²) in [5.41, 5.74) is 17.7. The zero-order valence-corrected chi connectivity index (χ0v) is 23.5. The average Bonchev–Trinajstić information content (AvgIpc) is 3.33. The van der Waals surface area contributed by atoms with Crippen LogP contribution in [0.5, 0.6) is 0 Å². The lowest BCUT2D eigenvalue weighted by Crippen LogP contribution is -2.57. The zero-order valence-electron chi connectivity index (χ0n) is 22.7. The van der Waals surface area contributed by atoms with Crippen LogP contribution in [-0.4, -0.2) is 81.8 Å². The minimum Gasteiger partial charge on any atom is -0.480 e. The minimum absolute atomic E-state index is 0.0246. The first-order valence-electron chi connectivity index (χ1n) is 12.9. The minimum atomic E-state index is -1.39. The fraction of sp³-hybridized carbons (Fsp3) is 0.462. The number of carbonyl (C=O) groups excluding carboxylic acids is 5. The number of nitrogens with two attached hydrogens (primary N) is 3. The molecule has 1 heterocycles. The van der Waals surface area contributed by atoms with Crippen LogP contribution >= 0.6 is 11.8 Å². The Bertz CT molecular complexity index is 1250. The van der Waals surface area contributed by atoms with Gasteiger partial charge in [-0.25, -0.2) is 4.79 Å². The van der Waals surface area contributed by atoms with Gasteiger partial charge in [0.05, 0.1) is 6.04 Å². The molecular formula is C26H37N7O7S. The third-order valence-corrected chi connectivity index (χ3v) is 6.95. The fourth-order valence-corrected chi connectivity index (χ4v) is 4.50. The number of aromatic amines is 1. The number of primary amides is 2. The van der Waals surface area contributed by atoms with Crippen molar-refractivity contribution in [2.24, 2.45) is 17.2 Å². The van der Waals surface area contributed by atoms with Gasteiger partial charge in [-0.05, 0) is 42.9 Å². The van der Waals surface area contributed by atoms with Gasteiger partial charge in [0.25, 0.3) is 0 Å². The van der Waals surface area contributed by atoms with Crippen LogP contribution in [0.3, 0.4) is 0 Å². The number of para-hydroxylation sites is 1. The Morgan fingerprint density at radius 3 is 2.07 bits per heavy atom. The van der Waals surface area contributed by atoms with Gasteiger partial charge in [0.1, 0.15) is 18.1 Å². The lowest BCUT2D eigenvalue weighted by molar-refractivity contribution is -0.142. The summed E-state index contributed by atoms with van der Waals surface area (Å²) >= 11 is 1.41. The third-order valence-electron chi connectivity index (χ3n) is 6.31. The molecule has 5 amide bonds. The van der Waals surface area contributed by atoms with E-state index in [0.29, 0.717) is 11.3 Å². The van der Waals surface area contributed by atoms with Crippen LogP contribution in [0.4, 0.5) is 0 Å². The predicted octanol–water partition coefficient (Wildman–Crippen LogP) is -1.14. The molecule has 0 aliphatic heterocycles. The molecule has 14 nitrogen and oxygen atoms in total. The standard InChI is InChI=1S/C26H37N7O7S/c1-41-11-10-18(24(37)32-19(26(39)40)7-9-22(29)35)31-25(38)20(33-23(36)16(27)6-8-21(28)34)12-14-13-30-17-5-3-2-4-15(14)17/h2-5,13,16,18-20,30H,6-12,27H2,1H3,(H2,28,34)(H2,29,35)(H,31,38)(H,32,37)(H,33,36)(H,39,40). The number of thioether (sulfide) groups is 1. The van der Waals surface area contributed by atoms with Gasteiger partial charge in [0.2, 0.25) is 29.5 Å². The van der Waals surface area contributed by atoms with Crippen molar-refractivity contribution in [3.8, 4) is 0 Å². The molecule has 0 radical (unpaired) electrons. The molecule has 2 rings (SSSR count). The van der Waals surface area contributed by atoms with Crippen LogP contribution in [0.1, 0.15) is 37.7 Å². The van der Waals surface area contributed by atoms with Crippen LogP contribution < -0.4 is 33.2 Å². The van der Waals surface area contributed by atoms with Gasteiger partial charge in [-0.15, -0.1) is 0 Å². The molecule has 4 unspecified atom stereocenters. The van der Waals surface area contributed by atoms with Gasteiger partial charge in [0.15, 0.2) is 0 Å². The molecular weight excluding hydrogens is 554 g/mol. The first-order valence-corrected chi connectivity index (χ1v) is 14.3. The monoisotopic (exact) mass is 591 g/mol. The van der Waals surface area contributed by atoms with E-state index < -0.39 is 59.7 Å². The van der Waals surface area contributed by atoms with E-state index in [4.69, 9.17) is 17.2 Å². The van der Waals surface area contributed by atoms with E-state index in [2.05, 4.69) is 20.9 Å². The average molecular weight is 592 g/mol. The van der Waals surface area contributed by atoms with E-state index >= 15 is 0 Å². The number of carboxylic acids is 1. The number of fused-ring (bicyclic) bond motifs is 1. The molecule has 11 N–H and O–H groups in total. The molecule has 0 fully saturated rings. The maximum atomic E-state index is 13.5. The Kier molecular flexibility index (Phi) is 13.1. The first-order chi connectivity index (χ1) is 19.4. The van der Waals surface area contributed by atoms with Crippen molar-refractivity contribution in [1.82, 2.24) is 20.9 Å². The van der Waals surface area contributed by atoms with Crippen LogP contribution in [0.25, 0.3) is 10.9 Å². The molecule has 0 saturated heterocycles. The molecule has 0 aliphatic carbocycles. The largest absolute Gasteiger partial charge is 0.480 e. The predicted molar refractivity (Wildman–Crippen MR) is 153 cm³/mol. The molecule has 15 heteroatoms. The highest BCUT2D eigenvalue weighted by atomic mass is 32.2. The second kappa shape index (κ2) is 16.2. The summed E-state index contributed by atoms with van der Waals surface area (Å²) in [6.07, 6.45) is 3.09. The Morgan fingerprint density at radius 1 is 0.854 bits per heavy atom. The van der Waals surface area contributed by atoms with Crippen molar-refractivity contribution in [2.75, 3.05) is 12.0 Å². The van der Waals surface area contributed by atoms with Crippen molar-refractivity contribution in [1.29, 1.82) is 0 Å². The van der Waals surface area contributed by atoms with E-state index in [9.17, 15) is 33.9 Å². The molecule has 41 heavy (non-hydrogen) atoms. The third kappa shape index (κ3) is 10.8. The Balaban J connectivity index is 2.27. The number of aromatic nitrogens is 1. The molecule has 0 spiro atoms. The summed E-state index contributed by atoms with van der Waals surface area (Å²) in [7, 11) is 0. The van der Waals surface area contributed by atoms with Crippen LogP contribution in [0, 0.1) is 0 Å². The van der Waals surface area contributed by atoms with E-state index in [1.807, 2.05) is 24.3 Å². The number of aliphatic carboxylic acids is 1. The van der Waals surface area contributed by atoms with Crippen molar-refractivity contribution in [3.05, 3.63) is 36.0 Å². The van der Waals surface area contributed by atoms with Gasteiger partial charge in [0, 0.05) is 36.4 Å². The highest BCUT2D eigenvalue weighted by molar-refractivity contribution is 7.98. The molecule has 0 saturated carbocycles. The highest BCUT2D eigenvalue weighted by Gasteiger charge is 2.31. The maximum absolute atomic E-state index is 13.5. The van der Waals surface area contributed by atoms with Crippen molar-refractivity contribution < 1.29 is 33.9 Å². The number of hydrogen-bond acceptors (Lipinski definition) is 8. The normalized spacial score (nSPS) is 13.9.